The molecule has 1 fully saturated rings. The fraction of sp³-hybridized carbons (Fsp3) is 0.633. The molecule has 1 unspecified atom stereocenters. The first kappa shape index (κ1) is 28.9. The molecule has 0 radical (unpaired) electrons. The van der Waals surface area contributed by atoms with Crippen LogP contribution in [0.4, 0.5) is 0 Å². The number of hydrogen-bond acceptors (Lipinski definition) is 4. The predicted octanol–water partition coefficient (Wildman–Crippen LogP) is 3.46. The minimum atomic E-state index is -0.700. The van der Waals surface area contributed by atoms with E-state index in [1.54, 1.807) is 4.90 Å². The molecule has 1 saturated heterocycles. The van der Waals surface area contributed by atoms with E-state index in [9.17, 15) is 14.4 Å². The summed E-state index contributed by atoms with van der Waals surface area (Å²) in [5.74, 6) is 0.131. The Morgan fingerprint density at radius 1 is 1.14 bits per heavy atom. The molecule has 0 spiro atoms. The molecular formula is C30H46N4O3. The van der Waals surface area contributed by atoms with Crippen LogP contribution in [-0.4, -0.2) is 60.9 Å². The number of benzene rings is 1. The fourth-order valence-electron chi connectivity index (χ4n) is 4.97. The molecule has 1 aromatic rings. The van der Waals surface area contributed by atoms with Crippen molar-refractivity contribution >= 4 is 23.8 Å². The number of aryl methyl sites for hydroxylation is 1. The van der Waals surface area contributed by atoms with E-state index in [-0.39, 0.29) is 17.7 Å². The normalized spacial score (nSPS) is 18.0. The van der Waals surface area contributed by atoms with Crippen LogP contribution in [0.15, 0.2) is 24.3 Å². The fourth-order valence-corrected chi connectivity index (χ4v) is 4.97. The highest BCUT2D eigenvalue weighted by Crippen LogP contribution is 2.26. The Labute approximate surface area is 222 Å². The Kier molecular flexibility index (Phi) is 10.3. The van der Waals surface area contributed by atoms with Crippen LogP contribution in [0, 0.1) is 11.3 Å². The monoisotopic (exact) mass is 510 g/mol. The van der Waals surface area contributed by atoms with Gasteiger partial charge in [0, 0.05) is 24.9 Å². The van der Waals surface area contributed by atoms with E-state index in [4.69, 9.17) is 0 Å². The Morgan fingerprint density at radius 2 is 1.92 bits per heavy atom. The number of allylic oxidation sites excluding steroid dienone is 1. The maximum atomic E-state index is 13.4. The maximum absolute atomic E-state index is 13.4. The first-order valence-corrected chi connectivity index (χ1v) is 13.9. The molecule has 0 bridgehead atoms. The molecule has 7 nitrogen and oxygen atoms in total. The van der Waals surface area contributed by atoms with Gasteiger partial charge in [-0.15, -0.1) is 0 Å². The van der Waals surface area contributed by atoms with Gasteiger partial charge in [-0.3, -0.25) is 14.4 Å². The van der Waals surface area contributed by atoms with Gasteiger partial charge in [-0.2, -0.15) is 0 Å². The minimum absolute atomic E-state index is 0.0264. The minimum Gasteiger partial charge on any atom is -0.354 e. The van der Waals surface area contributed by atoms with Crippen molar-refractivity contribution < 1.29 is 14.4 Å². The van der Waals surface area contributed by atoms with Crippen LogP contribution in [0.3, 0.4) is 0 Å². The topological polar surface area (TPSA) is 90.5 Å². The zero-order chi connectivity index (χ0) is 27.0. The molecule has 1 heterocycles. The summed E-state index contributed by atoms with van der Waals surface area (Å²) in [4.78, 5) is 41.3. The second-order valence-corrected chi connectivity index (χ2v) is 11.9. The van der Waals surface area contributed by atoms with Crippen LogP contribution in [0.1, 0.15) is 77.0 Å². The molecule has 3 amide bonds. The summed E-state index contributed by atoms with van der Waals surface area (Å²) in [6, 6.07) is 5.08. The molecule has 3 rings (SSSR count). The molecule has 2 aliphatic rings. The standard InChI is InChI=1S/C30H46N4O3/c1-21(2)20-31-15-9-16-32-27(35)25(19-22-13-14-23-10-6-7-11-24(23)18-22)33-28(36)26-12-8-17-34(26)29(37)30(3,4)5/h7,11,13-14,18,21,25-26,31H,6,8-10,12,15-17,19-20H2,1-5H3,(H,32,35)(H,33,36)/t25-,26?/m1/s1. The SMILES string of the molecule is CC(C)CNCCCNC(=O)[C@@H](Cc1ccc2c(c1)C=CCC2)NC(=O)C1CCCN1C(=O)C(C)(C)C. The van der Waals surface area contributed by atoms with Crippen LogP contribution >= 0.6 is 0 Å². The zero-order valence-corrected chi connectivity index (χ0v) is 23.4. The molecule has 1 aliphatic heterocycles. The van der Waals surface area contributed by atoms with Gasteiger partial charge in [0.2, 0.25) is 17.7 Å². The van der Waals surface area contributed by atoms with Gasteiger partial charge in [0.05, 0.1) is 0 Å². The molecule has 204 valence electrons. The quantitative estimate of drug-likeness (QED) is 0.398. The van der Waals surface area contributed by atoms with Crippen molar-refractivity contribution in [1.29, 1.82) is 0 Å². The summed E-state index contributed by atoms with van der Waals surface area (Å²) < 4.78 is 0. The molecule has 7 heteroatoms. The van der Waals surface area contributed by atoms with Gasteiger partial charge < -0.3 is 20.9 Å². The van der Waals surface area contributed by atoms with Crippen molar-refractivity contribution in [3.05, 3.63) is 41.0 Å². The second-order valence-electron chi connectivity index (χ2n) is 11.9. The van der Waals surface area contributed by atoms with Gasteiger partial charge in [-0.25, -0.2) is 0 Å². The Hall–Kier alpha value is -2.67. The first-order chi connectivity index (χ1) is 17.6. The van der Waals surface area contributed by atoms with Crippen molar-refractivity contribution in [2.45, 2.75) is 85.2 Å². The number of hydrogen-bond donors (Lipinski definition) is 3. The zero-order valence-electron chi connectivity index (χ0n) is 23.4. The van der Waals surface area contributed by atoms with E-state index in [1.807, 2.05) is 20.8 Å². The summed E-state index contributed by atoms with van der Waals surface area (Å²) in [6.07, 6.45) is 9.01. The first-order valence-electron chi connectivity index (χ1n) is 13.9. The van der Waals surface area contributed by atoms with Crippen LogP contribution in [-0.2, 0) is 27.2 Å². The summed E-state index contributed by atoms with van der Waals surface area (Å²) in [5, 5.41) is 9.42. The lowest BCUT2D eigenvalue weighted by Crippen LogP contribution is -2.55. The number of nitrogens with zero attached hydrogens (tertiary/aromatic N) is 1. The average Bonchev–Trinajstić information content (AvgIpc) is 3.34. The Morgan fingerprint density at radius 3 is 2.65 bits per heavy atom. The highest BCUT2D eigenvalue weighted by Gasteiger charge is 2.39. The lowest BCUT2D eigenvalue weighted by Gasteiger charge is -2.31. The molecule has 2 atom stereocenters. The number of carbonyl (C=O) groups excluding carboxylic acids is 3. The van der Waals surface area contributed by atoms with Gasteiger partial charge in [0.25, 0.3) is 0 Å². The lowest BCUT2D eigenvalue weighted by atomic mass is 9.93. The number of likely N-dealkylation sites (tertiary alicyclic amines) is 1. The summed E-state index contributed by atoms with van der Waals surface area (Å²) >= 11 is 0. The molecule has 0 aromatic heterocycles. The third-order valence-electron chi connectivity index (χ3n) is 7.00. The molecule has 37 heavy (non-hydrogen) atoms. The lowest BCUT2D eigenvalue weighted by molar-refractivity contribution is -0.145. The van der Waals surface area contributed by atoms with E-state index < -0.39 is 17.5 Å². The van der Waals surface area contributed by atoms with E-state index in [2.05, 4.69) is 60.1 Å². The predicted molar refractivity (Wildman–Crippen MR) is 149 cm³/mol. The van der Waals surface area contributed by atoms with E-state index in [0.29, 0.717) is 31.8 Å². The molecular weight excluding hydrogens is 464 g/mol. The molecule has 0 saturated carbocycles. The highest BCUT2D eigenvalue weighted by atomic mass is 16.2. The highest BCUT2D eigenvalue weighted by molar-refractivity contribution is 5.93. The van der Waals surface area contributed by atoms with Crippen molar-refractivity contribution in [3.63, 3.8) is 0 Å². The van der Waals surface area contributed by atoms with Crippen LogP contribution in [0.25, 0.3) is 6.08 Å². The van der Waals surface area contributed by atoms with Crippen molar-refractivity contribution in [3.8, 4) is 0 Å². The van der Waals surface area contributed by atoms with Gasteiger partial charge in [0.1, 0.15) is 12.1 Å². The van der Waals surface area contributed by atoms with Crippen LogP contribution < -0.4 is 16.0 Å². The maximum Gasteiger partial charge on any atom is 0.243 e. The summed E-state index contributed by atoms with van der Waals surface area (Å²) in [7, 11) is 0. The number of amides is 3. The molecule has 1 aliphatic carbocycles. The second kappa shape index (κ2) is 13.2. The van der Waals surface area contributed by atoms with Crippen molar-refractivity contribution in [2.75, 3.05) is 26.2 Å². The van der Waals surface area contributed by atoms with E-state index in [1.165, 1.54) is 11.1 Å². The van der Waals surface area contributed by atoms with Gasteiger partial charge in [0.15, 0.2) is 0 Å². The number of rotatable bonds is 11. The Balaban J connectivity index is 1.68. The summed E-state index contributed by atoms with van der Waals surface area (Å²) in [6.45, 7) is 12.9. The smallest absolute Gasteiger partial charge is 0.243 e. The summed E-state index contributed by atoms with van der Waals surface area (Å²) in [5.41, 5.74) is 2.95. The third-order valence-corrected chi connectivity index (χ3v) is 7.00. The van der Waals surface area contributed by atoms with E-state index in [0.717, 1.165) is 44.3 Å². The third kappa shape index (κ3) is 8.42. The van der Waals surface area contributed by atoms with E-state index >= 15 is 0 Å². The largest absolute Gasteiger partial charge is 0.354 e. The number of nitrogens with one attached hydrogen (secondary N) is 3. The van der Waals surface area contributed by atoms with Crippen LogP contribution in [0.5, 0.6) is 0 Å². The average molecular weight is 511 g/mol. The molecule has 3 N–H and O–H groups in total. The number of carbonyl (C=O) groups is 3. The number of fused-ring (bicyclic) bond motifs is 1. The van der Waals surface area contributed by atoms with Gasteiger partial charge in [-0.05, 0) is 67.8 Å². The van der Waals surface area contributed by atoms with Crippen molar-refractivity contribution in [1.82, 2.24) is 20.9 Å². The van der Waals surface area contributed by atoms with Crippen LogP contribution in [0.2, 0.25) is 0 Å². The Bertz CT molecular complexity index is 980. The van der Waals surface area contributed by atoms with Gasteiger partial charge >= 0.3 is 0 Å². The van der Waals surface area contributed by atoms with Crippen molar-refractivity contribution in [2.24, 2.45) is 11.3 Å². The molecule has 1 aromatic carbocycles. The van der Waals surface area contributed by atoms with Gasteiger partial charge in [-0.1, -0.05) is 65.0 Å².